The summed E-state index contributed by atoms with van der Waals surface area (Å²) in [5.41, 5.74) is 1.26. The molecule has 0 saturated heterocycles. The first-order chi connectivity index (χ1) is 10.8. The number of hydrogen-bond acceptors (Lipinski definition) is 5. The first kappa shape index (κ1) is 15.0. The Morgan fingerprint density at radius 3 is 2.65 bits per heavy atom. The third-order valence-corrected chi connectivity index (χ3v) is 4.36. The van der Waals surface area contributed by atoms with Gasteiger partial charge in [-0.1, -0.05) is 12.1 Å². The van der Waals surface area contributed by atoms with Gasteiger partial charge in [-0.25, -0.2) is 13.2 Å². The minimum Gasteiger partial charge on any atom is -0.408 e. The van der Waals surface area contributed by atoms with Crippen LogP contribution in [0.4, 0.5) is 5.69 Å². The van der Waals surface area contributed by atoms with Gasteiger partial charge in [0, 0.05) is 11.9 Å². The van der Waals surface area contributed by atoms with Gasteiger partial charge in [-0.2, -0.15) is 0 Å². The van der Waals surface area contributed by atoms with Gasteiger partial charge in [0.25, 0.3) is 5.91 Å². The van der Waals surface area contributed by atoms with Crippen LogP contribution in [0.5, 0.6) is 0 Å². The monoisotopic (exact) mass is 332 g/mol. The van der Waals surface area contributed by atoms with E-state index in [1.165, 1.54) is 24.3 Å². The van der Waals surface area contributed by atoms with E-state index in [0.717, 1.165) is 6.26 Å². The summed E-state index contributed by atoms with van der Waals surface area (Å²) in [6, 6.07) is 10.6. The van der Waals surface area contributed by atoms with E-state index in [9.17, 15) is 18.0 Å². The van der Waals surface area contributed by atoms with E-state index in [-0.39, 0.29) is 10.5 Å². The number of aromatic amines is 1. The molecule has 1 aromatic heterocycles. The van der Waals surface area contributed by atoms with Crippen molar-refractivity contribution in [3.8, 4) is 0 Å². The largest absolute Gasteiger partial charge is 0.417 e. The molecule has 2 N–H and O–H groups in total. The SMILES string of the molecule is CS(=O)(=O)c1ccccc1C(=O)Nc1ccc2oc(=O)[nH]c2c1. The standard InChI is InChI=1S/C15H12N2O5S/c1-23(20,21)13-5-3-2-4-10(13)14(18)16-9-6-7-12-11(8-9)17-15(19)22-12/h2-8H,1H3,(H,16,18)(H,17,19). The lowest BCUT2D eigenvalue weighted by Gasteiger charge is -2.08. The summed E-state index contributed by atoms with van der Waals surface area (Å²) in [6.45, 7) is 0. The summed E-state index contributed by atoms with van der Waals surface area (Å²) in [4.78, 5) is 25.9. The Balaban J connectivity index is 1.96. The van der Waals surface area contributed by atoms with Gasteiger partial charge < -0.3 is 9.73 Å². The van der Waals surface area contributed by atoms with Crippen molar-refractivity contribution < 1.29 is 17.6 Å². The molecule has 0 fully saturated rings. The maximum Gasteiger partial charge on any atom is 0.417 e. The maximum atomic E-state index is 12.4. The van der Waals surface area contributed by atoms with Gasteiger partial charge in [0.05, 0.1) is 16.0 Å². The number of anilines is 1. The zero-order chi connectivity index (χ0) is 16.6. The number of sulfone groups is 1. The van der Waals surface area contributed by atoms with Crippen molar-refractivity contribution in [2.24, 2.45) is 0 Å². The summed E-state index contributed by atoms with van der Waals surface area (Å²) >= 11 is 0. The van der Waals surface area contributed by atoms with Crippen molar-refractivity contribution >= 4 is 32.5 Å². The van der Waals surface area contributed by atoms with E-state index in [1.807, 2.05) is 0 Å². The van der Waals surface area contributed by atoms with Crippen LogP contribution < -0.4 is 11.1 Å². The van der Waals surface area contributed by atoms with Crippen LogP contribution in [0.2, 0.25) is 0 Å². The molecule has 118 valence electrons. The van der Waals surface area contributed by atoms with E-state index in [4.69, 9.17) is 4.42 Å². The Hall–Kier alpha value is -2.87. The van der Waals surface area contributed by atoms with Crippen LogP contribution in [-0.4, -0.2) is 25.6 Å². The van der Waals surface area contributed by atoms with Crippen molar-refractivity contribution in [1.29, 1.82) is 0 Å². The number of hydrogen-bond donors (Lipinski definition) is 2. The normalized spacial score (nSPS) is 11.5. The average Bonchev–Trinajstić information content (AvgIpc) is 2.85. The Morgan fingerprint density at radius 2 is 1.91 bits per heavy atom. The summed E-state index contributed by atoms with van der Waals surface area (Å²) in [7, 11) is -3.53. The van der Waals surface area contributed by atoms with E-state index in [0.29, 0.717) is 16.8 Å². The highest BCUT2D eigenvalue weighted by Gasteiger charge is 2.18. The lowest BCUT2D eigenvalue weighted by Crippen LogP contribution is -2.16. The Bertz CT molecular complexity index is 1060. The smallest absolute Gasteiger partial charge is 0.408 e. The molecule has 0 unspecified atom stereocenters. The van der Waals surface area contributed by atoms with Crippen molar-refractivity contribution in [2.45, 2.75) is 4.90 Å². The molecule has 0 saturated carbocycles. The molecule has 0 aliphatic heterocycles. The number of oxazole rings is 1. The Labute approximate surface area is 130 Å². The van der Waals surface area contributed by atoms with Crippen LogP contribution in [0, 0.1) is 0 Å². The van der Waals surface area contributed by atoms with Crippen molar-refractivity contribution in [3.63, 3.8) is 0 Å². The zero-order valence-corrected chi connectivity index (χ0v) is 12.8. The molecular formula is C15H12N2O5S. The van der Waals surface area contributed by atoms with Crippen molar-refractivity contribution in [1.82, 2.24) is 4.98 Å². The third-order valence-electron chi connectivity index (χ3n) is 3.21. The lowest BCUT2D eigenvalue weighted by atomic mass is 10.2. The van der Waals surface area contributed by atoms with Gasteiger partial charge in [-0.15, -0.1) is 0 Å². The summed E-state index contributed by atoms with van der Waals surface area (Å²) < 4.78 is 28.4. The summed E-state index contributed by atoms with van der Waals surface area (Å²) in [6.07, 6.45) is 1.04. The molecule has 0 spiro atoms. The minimum absolute atomic E-state index is 0.0460. The summed E-state index contributed by atoms with van der Waals surface area (Å²) in [5, 5.41) is 2.61. The predicted octanol–water partition coefficient (Wildman–Crippen LogP) is 1.78. The number of nitrogens with one attached hydrogen (secondary N) is 2. The highest BCUT2D eigenvalue weighted by atomic mass is 32.2. The molecule has 1 heterocycles. The Kier molecular flexibility index (Phi) is 3.53. The molecule has 7 nitrogen and oxygen atoms in total. The van der Waals surface area contributed by atoms with Crippen LogP contribution in [-0.2, 0) is 9.84 Å². The fourth-order valence-corrected chi connectivity index (χ4v) is 3.09. The number of amides is 1. The molecule has 0 bridgehead atoms. The highest BCUT2D eigenvalue weighted by Crippen LogP contribution is 2.20. The molecule has 0 aliphatic rings. The van der Waals surface area contributed by atoms with Crippen LogP contribution in [0.25, 0.3) is 11.1 Å². The first-order valence-corrected chi connectivity index (χ1v) is 8.47. The van der Waals surface area contributed by atoms with Gasteiger partial charge in [0.2, 0.25) is 0 Å². The molecule has 1 amide bonds. The number of carbonyl (C=O) groups is 1. The second-order valence-corrected chi connectivity index (χ2v) is 6.93. The molecule has 2 aromatic carbocycles. The fourth-order valence-electron chi connectivity index (χ4n) is 2.21. The highest BCUT2D eigenvalue weighted by molar-refractivity contribution is 7.90. The molecule has 0 radical (unpaired) electrons. The van der Waals surface area contributed by atoms with Crippen LogP contribution in [0.1, 0.15) is 10.4 Å². The van der Waals surface area contributed by atoms with E-state index < -0.39 is 21.5 Å². The van der Waals surface area contributed by atoms with Gasteiger partial charge >= 0.3 is 5.76 Å². The van der Waals surface area contributed by atoms with Gasteiger partial charge in [0.15, 0.2) is 15.4 Å². The van der Waals surface area contributed by atoms with E-state index in [2.05, 4.69) is 10.3 Å². The lowest BCUT2D eigenvalue weighted by molar-refractivity contribution is 0.102. The second-order valence-electron chi connectivity index (χ2n) is 4.95. The predicted molar refractivity (Wildman–Crippen MR) is 84.3 cm³/mol. The minimum atomic E-state index is -3.53. The molecule has 0 atom stereocenters. The third kappa shape index (κ3) is 3.02. The average molecular weight is 332 g/mol. The molecular weight excluding hydrogens is 320 g/mol. The molecule has 8 heteroatoms. The number of fused-ring (bicyclic) bond motifs is 1. The van der Waals surface area contributed by atoms with E-state index in [1.54, 1.807) is 18.2 Å². The number of H-pyrrole nitrogens is 1. The summed E-state index contributed by atoms with van der Waals surface area (Å²) in [5.74, 6) is -1.15. The van der Waals surface area contributed by atoms with E-state index >= 15 is 0 Å². The zero-order valence-electron chi connectivity index (χ0n) is 12.0. The molecule has 23 heavy (non-hydrogen) atoms. The number of aromatic nitrogens is 1. The fraction of sp³-hybridized carbons (Fsp3) is 0.0667. The maximum absolute atomic E-state index is 12.4. The molecule has 0 aliphatic carbocycles. The quantitative estimate of drug-likeness (QED) is 0.760. The Morgan fingerprint density at radius 1 is 1.17 bits per heavy atom. The van der Waals surface area contributed by atoms with Gasteiger partial charge in [0.1, 0.15) is 0 Å². The second kappa shape index (κ2) is 5.40. The molecule has 3 rings (SSSR count). The van der Waals surface area contributed by atoms with Gasteiger partial charge in [-0.3, -0.25) is 9.78 Å². The van der Waals surface area contributed by atoms with Crippen molar-refractivity contribution in [2.75, 3.05) is 11.6 Å². The molecule has 3 aromatic rings. The topological polar surface area (TPSA) is 109 Å². The first-order valence-electron chi connectivity index (χ1n) is 6.58. The van der Waals surface area contributed by atoms with Gasteiger partial charge in [-0.05, 0) is 30.3 Å². The van der Waals surface area contributed by atoms with Crippen LogP contribution >= 0.6 is 0 Å². The number of carbonyl (C=O) groups excluding carboxylic acids is 1. The number of benzene rings is 2. The van der Waals surface area contributed by atoms with Crippen LogP contribution in [0.3, 0.4) is 0 Å². The number of rotatable bonds is 3. The van der Waals surface area contributed by atoms with Crippen molar-refractivity contribution in [3.05, 3.63) is 58.6 Å². The van der Waals surface area contributed by atoms with Crippen LogP contribution in [0.15, 0.2) is 56.6 Å².